The molecule has 0 heterocycles. The maximum Gasteiger partial charge on any atom is 0.0573 e. The Hall–Kier alpha value is -0.0800. The fourth-order valence-electron chi connectivity index (χ4n) is 1.27. The summed E-state index contributed by atoms with van der Waals surface area (Å²) < 4.78 is 0. The largest absolute Gasteiger partial charge is 0.305 e. The number of hydrogen-bond acceptors (Lipinski definition) is 2. The highest BCUT2D eigenvalue weighted by Crippen LogP contribution is 2.09. The average Bonchev–Trinajstić information content (AvgIpc) is 2.12. The van der Waals surface area contributed by atoms with Gasteiger partial charge in [-0.25, -0.2) is 0 Å². The first-order chi connectivity index (χ1) is 6.05. The highest BCUT2D eigenvalue weighted by atomic mass is 15.1. The monoisotopic (exact) mass is 186 g/mol. The molecule has 1 unspecified atom stereocenters. The lowest BCUT2D eigenvalue weighted by Crippen LogP contribution is -2.51. The van der Waals surface area contributed by atoms with Crippen molar-refractivity contribution < 1.29 is 0 Å². The van der Waals surface area contributed by atoms with Gasteiger partial charge in [0, 0.05) is 5.54 Å². The fourth-order valence-corrected chi connectivity index (χ4v) is 1.27. The molecule has 2 nitrogen and oxygen atoms in total. The lowest BCUT2D eigenvalue weighted by atomic mass is 10.0. The highest BCUT2D eigenvalue weighted by Gasteiger charge is 2.18. The Morgan fingerprint density at radius 1 is 1.23 bits per heavy atom. The van der Waals surface area contributed by atoms with Crippen LogP contribution in [-0.2, 0) is 0 Å². The van der Waals surface area contributed by atoms with E-state index in [0.717, 1.165) is 6.42 Å². The van der Waals surface area contributed by atoms with Crippen LogP contribution in [0.1, 0.15) is 53.4 Å². The van der Waals surface area contributed by atoms with E-state index in [0.29, 0.717) is 6.17 Å². The molecular formula is C11H26N2. The summed E-state index contributed by atoms with van der Waals surface area (Å²) in [7, 11) is 2.03. The standard InChI is InChI=1S/C11H26N2/c1-6-8-9-10(12-5)13-11(3,4)7-2/h10,12-13H,6-9H2,1-5H3. The van der Waals surface area contributed by atoms with E-state index in [-0.39, 0.29) is 5.54 Å². The Balaban J connectivity index is 3.82. The van der Waals surface area contributed by atoms with Crippen molar-refractivity contribution >= 4 is 0 Å². The van der Waals surface area contributed by atoms with Crippen LogP contribution in [0.5, 0.6) is 0 Å². The lowest BCUT2D eigenvalue weighted by molar-refractivity contribution is 0.286. The van der Waals surface area contributed by atoms with E-state index in [1.807, 2.05) is 7.05 Å². The zero-order valence-corrected chi connectivity index (χ0v) is 9.91. The van der Waals surface area contributed by atoms with Gasteiger partial charge in [0.15, 0.2) is 0 Å². The van der Waals surface area contributed by atoms with Crippen molar-refractivity contribution in [3.8, 4) is 0 Å². The van der Waals surface area contributed by atoms with Crippen molar-refractivity contribution in [1.29, 1.82) is 0 Å². The van der Waals surface area contributed by atoms with Gasteiger partial charge in [0.2, 0.25) is 0 Å². The second-order valence-electron chi connectivity index (χ2n) is 4.37. The molecule has 0 aliphatic rings. The summed E-state index contributed by atoms with van der Waals surface area (Å²) in [4.78, 5) is 0. The molecule has 13 heavy (non-hydrogen) atoms. The summed E-state index contributed by atoms with van der Waals surface area (Å²) in [6.07, 6.45) is 5.41. The summed E-state index contributed by atoms with van der Waals surface area (Å²) in [6.45, 7) is 8.96. The van der Waals surface area contributed by atoms with Crippen LogP contribution in [0, 0.1) is 0 Å². The van der Waals surface area contributed by atoms with Gasteiger partial charge in [-0.05, 0) is 33.7 Å². The van der Waals surface area contributed by atoms with Crippen LogP contribution < -0.4 is 10.6 Å². The summed E-state index contributed by atoms with van der Waals surface area (Å²) >= 11 is 0. The van der Waals surface area contributed by atoms with Crippen LogP contribution in [0.3, 0.4) is 0 Å². The smallest absolute Gasteiger partial charge is 0.0573 e. The van der Waals surface area contributed by atoms with E-state index in [2.05, 4.69) is 38.3 Å². The minimum atomic E-state index is 0.251. The van der Waals surface area contributed by atoms with Gasteiger partial charge >= 0.3 is 0 Å². The number of nitrogens with one attached hydrogen (secondary N) is 2. The fraction of sp³-hybridized carbons (Fsp3) is 1.00. The van der Waals surface area contributed by atoms with Gasteiger partial charge in [0.25, 0.3) is 0 Å². The number of unbranched alkanes of at least 4 members (excludes halogenated alkanes) is 1. The van der Waals surface area contributed by atoms with Crippen molar-refractivity contribution in [1.82, 2.24) is 10.6 Å². The first-order valence-electron chi connectivity index (χ1n) is 5.50. The maximum atomic E-state index is 3.62. The van der Waals surface area contributed by atoms with Crippen LogP contribution in [0.2, 0.25) is 0 Å². The second kappa shape index (κ2) is 6.39. The summed E-state index contributed by atoms with van der Waals surface area (Å²) in [6, 6.07) is 0. The van der Waals surface area contributed by atoms with Crippen molar-refractivity contribution in [2.75, 3.05) is 7.05 Å². The lowest BCUT2D eigenvalue weighted by Gasteiger charge is -2.31. The molecule has 0 aromatic carbocycles. The van der Waals surface area contributed by atoms with Crippen LogP contribution in [0.4, 0.5) is 0 Å². The zero-order valence-electron chi connectivity index (χ0n) is 9.91. The molecular weight excluding hydrogens is 160 g/mol. The molecule has 0 aliphatic carbocycles. The van der Waals surface area contributed by atoms with Gasteiger partial charge in [-0.15, -0.1) is 0 Å². The van der Waals surface area contributed by atoms with Crippen molar-refractivity contribution in [2.45, 2.75) is 65.1 Å². The third kappa shape index (κ3) is 6.05. The molecule has 0 rings (SSSR count). The topological polar surface area (TPSA) is 24.1 Å². The first kappa shape index (κ1) is 12.9. The Bertz CT molecular complexity index is 121. The molecule has 0 saturated carbocycles. The summed E-state index contributed by atoms with van der Waals surface area (Å²) in [5, 5.41) is 6.93. The van der Waals surface area contributed by atoms with Crippen molar-refractivity contribution in [2.24, 2.45) is 0 Å². The van der Waals surface area contributed by atoms with Crippen molar-refractivity contribution in [3.63, 3.8) is 0 Å². The van der Waals surface area contributed by atoms with Crippen LogP contribution in [0.25, 0.3) is 0 Å². The molecule has 2 heteroatoms. The third-order valence-electron chi connectivity index (χ3n) is 2.64. The van der Waals surface area contributed by atoms with E-state index in [9.17, 15) is 0 Å². The van der Waals surface area contributed by atoms with E-state index in [4.69, 9.17) is 0 Å². The first-order valence-corrected chi connectivity index (χ1v) is 5.50. The third-order valence-corrected chi connectivity index (χ3v) is 2.64. The van der Waals surface area contributed by atoms with Gasteiger partial charge in [-0.1, -0.05) is 26.7 Å². The Kier molecular flexibility index (Phi) is 6.35. The minimum Gasteiger partial charge on any atom is -0.305 e. The van der Waals surface area contributed by atoms with Gasteiger partial charge in [-0.3, -0.25) is 5.32 Å². The zero-order chi connectivity index (χ0) is 10.3. The quantitative estimate of drug-likeness (QED) is 0.597. The molecule has 2 N–H and O–H groups in total. The number of hydrogen-bond donors (Lipinski definition) is 2. The second-order valence-corrected chi connectivity index (χ2v) is 4.37. The van der Waals surface area contributed by atoms with Gasteiger partial charge in [-0.2, -0.15) is 0 Å². The molecule has 0 bridgehead atoms. The molecule has 0 aromatic rings. The number of rotatable bonds is 7. The molecule has 0 aliphatic heterocycles. The molecule has 0 saturated heterocycles. The molecule has 0 aromatic heterocycles. The van der Waals surface area contributed by atoms with Crippen molar-refractivity contribution in [3.05, 3.63) is 0 Å². The van der Waals surface area contributed by atoms with Crippen LogP contribution in [0.15, 0.2) is 0 Å². The Morgan fingerprint density at radius 3 is 2.23 bits per heavy atom. The van der Waals surface area contributed by atoms with Crippen LogP contribution in [-0.4, -0.2) is 18.8 Å². The minimum absolute atomic E-state index is 0.251. The van der Waals surface area contributed by atoms with Crippen LogP contribution >= 0.6 is 0 Å². The van der Waals surface area contributed by atoms with Gasteiger partial charge in [0.05, 0.1) is 6.17 Å². The summed E-state index contributed by atoms with van der Waals surface area (Å²) in [5.74, 6) is 0. The maximum absolute atomic E-state index is 3.62. The van der Waals surface area contributed by atoms with E-state index >= 15 is 0 Å². The molecule has 0 spiro atoms. The SMILES string of the molecule is CCCCC(NC)NC(C)(C)CC. The van der Waals surface area contributed by atoms with E-state index < -0.39 is 0 Å². The molecule has 0 amide bonds. The Labute approximate surface area is 83.5 Å². The predicted molar refractivity (Wildman–Crippen MR) is 59.9 cm³/mol. The molecule has 80 valence electrons. The molecule has 1 atom stereocenters. The summed E-state index contributed by atoms with van der Waals surface area (Å²) in [5.41, 5.74) is 0.251. The molecule has 0 radical (unpaired) electrons. The van der Waals surface area contributed by atoms with E-state index in [1.54, 1.807) is 0 Å². The predicted octanol–water partition coefficient (Wildman–Crippen LogP) is 2.50. The van der Waals surface area contributed by atoms with E-state index in [1.165, 1.54) is 19.3 Å². The normalized spacial score (nSPS) is 14.5. The average molecular weight is 186 g/mol. The molecule has 0 fully saturated rings. The van der Waals surface area contributed by atoms with Gasteiger partial charge < -0.3 is 5.32 Å². The van der Waals surface area contributed by atoms with Gasteiger partial charge in [0.1, 0.15) is 0 Å². The highest BCUT2D eigenvalue weighted by molar-refractivity contribution is 4.79. The Morgan fingerprint density at radius 2 is 1.85 bits per heavy atom.